The van der Waals surface area contributed by atoms with Crippen LogP contribution in [0.15, 0.2) is 60.7 Å². The summed E-state index contributed by atoms with van der Waals surface area (Å²) in [5.74, 6) is 0.764. The Labute approximate surface area is 331 Å². The van der Waals surface area contributed by atoms with Crippen LogP contribution in [0.25, 0.3) is 16.3 Å². The van der Waals surface area contributed by atoms with E-state index < -0.39 is 34.7 Å². The molecule has 0 bridgehead atoms. The molecule has 0 aromatic heterocycles. The van der Waals surface area contributed by atoms with Gasteiger partial charge in [-0.2, -0.15) is 0 Å². The minimum atomic E-state index is -0.903. The highest BCUT2D eigenvalue weighted by atomic mass is 16.5. The van der Waals surface area contributed by atoms with Crippen molar-refractivity contribution < 1.29 is 38.2 Å². The average molecular weight is 761 g/mol. The maximum atomic E-state index is 14.9. The minimum absolute atomic E-state index is 0.0173. The predicted octanol–water partition coefficient (Wildman–Crippen LogP) is 9.17. The molecular weight excluding hydrogens is 705 g/mol. The Morgan fingerprint density at radius 1 is 1.04 bits per heavy atom. The van der Waals surface area contributed by atoms with E-state index in [4.69, 9.17) is 20.6 Å². The monoisotopic (exact) mass is 760 g/mol. The second-order valence-electron chi connectivity index (χ2n) is 17.6. The molecular formula is C48H56O8. The molecule has 0 heterocycles. The summed E-state index contributed by atoms with van der Waals surface area (Å²) in [6.45, 7) is 11.3. The molecule has 2 aromatic carbocycles. The van der Waals surface area contributed by atoms with E-state index in [2.05, 4.69) is 30.7 Å². The molecule has 296 valence electrons. The van der Waals surface area contributed by atoms with Gasteiger partial charge >= 0.3 is 5.97 Å². The molecule has 4 aliphatic rings. The Bertz CT molecular complexity index is 2010. The first-order valence-corrected chi connectivity index (χ1v) is 20.2. The second kappa shape index (κ2) is 16.8. The van der Waals surface area contributed by atoms with Gasteiger partial charge in [0.05, 0.1) is 20.0 Å². The third kappa shape index (κ3) is 8.93. The van der Waals surface area contributed by atoms with Crippen molar-refractivity contribution in [2.45, 2.75) is 117 Å². The number of allylic oxidation sites excluding steroid dienone is 5. The summed E-state index contributed by atoms with van der Waals surface area (Å²) in [6, 6.07) is 9.84. The van der Waals surface area contributed by atoms with Crippen molar-refractivity contribution in [2.24, 2.45) is 34.5 Å². The molecule has 8 nitrogen and oxygen atoms in total. The van der Waals surface area contributed by atoms with Crippen molar-refractivity contribution in [1.29, 1.82) is 0 Å². The molecule has 4 aliphatic carbocycles. The lowest BCUT2D eigenvalue weighted by Gasteiger charge is -2.32. The molecule has 3 fully saturated rings. The number of benzene rings is 2. The van der Waals surface area contributed by atoms with Gasteiger partial charge in [-0.05, 0) is 116 Å². The average Bonchev–Trinajstić information content (AvgIpc) is 3.56. The first kappa shape index (κ1) is 40.9. The van der Waals surface area contributed by atoms with Crippen LogP contribution in [0.5, 0.6) is 11.5 Å². The first-order chi connectivity index (χ1) is 26.6. The topological polar surface area (TPSA) is 113 Å². The van der Waals surface area contributed by atoms with Gasteiger partial charge in [0.25, 0.3) is 0 Å². The zero-order chi connectivity index (χ0) is 40.4. The lowest BCUT2D eigenvalue weighted by atomic mass is 9.70. The number of esters is 1. The fourth-order valence-electron chi connectivity index (χ4n) is 9.34. The van der Waals surface area contributed by atoms with Crippen LogP contribution in [-0.4, -0.2) is 48.4 Å². The van der Waals surface area contributed by atoms with E-state index in [0.29, 0.717) is 30.8 Å². The SMILES string of the molecule is C#CCC(=O)C1(CC(=O)C2CC(Oc3cc(C4=CCC(CC(C)=O)=C4)cc4cc(OC)ccc34)CC2C(=O)C(CC(=O)OC2CCCC2)C(C)(C)C)CC1C=C. The van der Waals surface area contributed by atoms with Crippen LogP contribution in [0.2, 0.25) is 0 Å². The van der Waals surface area contributed by atoms with Crippen molar-refractivity contribution in [1.82, 2.24) is 0 Å². The van der Waals surface area contributed by atoms with Gasteiger partial charge in [-0.3, -0.25) is 24.0 Å². The standard InChI is InChI=1S/C48H56O8/c1-8-12-44(51)48(27-34(48)9-2)28-42(50)39-24-37(25-40(39)46(53)41(47(4,5)6)26-45(52)56-35-13-10-11-14-35)55-43-23-32(31-16-15-30(20-31)19-29(3)49)21-33-22-36(54-7)17-18-38(33)43/h1,9,16-18,20-23,34-35,37,39-41H,2,10-15,19,24-28H2,3-7H3. The number of methoxy groups -OCH3 is 1. The largest absolute Gasteiger partial charge is 0.497 e. The van der Waals surface area contributed by atoms with Crippen molar-refractivity contribution in [3.8, 4) is 23.8 Å². The molecule has 0 aliphatic heterocycles. The van der Waals surface area contributed by atoms with Crippen LogP contribution in [-0.2, 0) is 28.7 Å². The highest BCUT2D eigenvalue weighted by molar-refractivity contribution is 5.99. The molecule has 0 amide bonds. The van der Waals surface area contributed by atoms with E-state index in [-0.39, 0.29) is 73.2 Å². The van der Waals surface area contributed by atoms with Crippen molar-refractivity contribution in [3.63, 3.8) is 0 Å². The predicted molar refractivity (Wildman–Crippen MR) is 217 cm³/mol. The fraction of sp³-hybridized carbons (Fsp3) is 0.521. The van der Waals surface area contributed by atoms with Crippen LogP contribution in [0.1, 0.15) is 110 Å². The summed E-state index contributed by atoms with van der Waals surface area (Å²) >= 11 is 0. The Morgan fingerprint density at radius 3 is 2.41 bits per heavy atom. The first-order valence-electron chi connectivity index (χ1n) is 20.2. The van der Waals surface area contributed by atoms with Gasteiger partial charge in [0.1, 0.15) is 41.1 Å². The number of hydrogen-bond donors (Lipinski definition) is 0. The van der Waals surface area contributed by atoms with E-state index in [1.54, 1.807) is 20.1 Å². The van der Waals surface area contributed by atoms with E-state index >= 15 is 0 Å². The van der Waals surface area contributed by atoms with E-state index in [1.165, 1.54) is 0 Å². The number of fused-ring (bicyclic) bond motifs is 1. The second-order valence-corrected chi connectivity index (χ2v) is 17.6. The van der Waals surface area contributed by atoms with Crippen molar-refractivity contribution >= 4 is 45.4 Å². The fourth-order valence-corrected chi connectivity index (χ4v) is 9.34. The van der Waals surface area contributed by atoms with Crippen LogP contribution in [0.3, 0.4) is 0 Å². The molecule has 6 rings (SSSR count). The Balaban J connectivity index is 1.33. The number of ether oxygens (including phenoxy) is 3. The van der Waals surface area contributed by atoms with E-state index in [1.807, 2.05) is 45.0 Å². The van der Waals surface area contributed by atoms with Crippen molar-refractivity contribution in [2.75, 3.05) is 7.11 Å². The lowest BCUT2D eigenvalue weighted by Crippen LogP contribution is -2.39. The van der Waals surface area contributed by atoms with Gasteiger partial charge in [-0.25, -0.2) is 0 Å². The van der Waals surface area contributed by atoms with Gasteiger partial charge in [0.2, 0.25) is 0 Å². The van der Waals surface area contributed by atoms with Gasteiger partial charge in [0.15, 0.2) is 5.78 Å². The third-order valence-corrected chi connectivity index (χ3v) is 12.6. The number of rotatable bonds is 17. The highest BCUT2D eigenvalue weighted by Gasteiger charge is 2.60. The third-order valence-electron chi connectivity index (χ3n) is 12.6. The summed E-state index contributed by atoms with van der Waals surface area (Å²) < 4.78 is 18.3. The number of hydrogen-bond acceptors (Lipinski definition) is 8. The maximum absolute atomic E-state index is 14.9. The molecule has 0 N–H and O–H groups in total. The molecule has 6 atom stereocenters. The van der Waals surface area contributed by atoms with Crippen LogP contribution >= 0.6 is 0 Å². The van der Waals surface area contributed by atoms with Gasteiger partial charge in [-0.1, -0.05) is 50.5 Å². The summed E-state index contributed by atoms with van der Waals surface area (Å²) in [5, 5.41) is 1.75. The van der Waals surface area contributed by atoms with E-state index in [0.717, 1.165) is 53.2 Å². The van der Waals surface area contributed by atoms with E-state index in [9.17, 15) is 24.0 Å². The smallest absolute Gasteiger partial charge is 0.306 e. The Morgan fingerprint density at radius 2 is 1.77 bits per heavy atom. The molecule has 8 heteroatoms. The van der Waals surface area contributed by atoms with Gasteiger partial charge < -0.3 is 14.2 Å². The number of Topliss-reactive ketones (excluding diaryl/α,β-unsaturated/α-hetero) is 4. The van der Waals surface area contributed by atoms with Gasteiger partial charge in [0, 0.05) is 41.4 Å². The molecule has 0 radical (unpaired) electrons. The quantitative estimate of drug-likeness (QED) is 0.0892. The van der Waals surface area contributed by atoms with Crippen LogP contribution < -0.4 is 9.47 Å². The van der Waals surface area contributed by atoms with Crippen LogP contribution in [0, 0.1) is 46.8 Å². The van der Waals surface area contributed by atoms with Crippen LogP contribution in [0.4, 0.5) is 0 Å². The normalized spacial score (nSPS) is 25.1. The molecule has 3 saturated carbocycles. The van der Waals surface area contributed by atoms with Gasteiger partial charge in [-0.15, -0.1) is 13.0 Å². The zero-order valence-corrected chi connectivity index (χ0v) is 33.6. The molecule has 2 aromatic rings. The summed E-state index contributed by atoms with van der Waals surface area (Å²) in [6.07, 6.45) is 16.5. The number of terminal acetylenes is 1. The molecule has 0 spiro atoms. The summed E-state index contributed by atoms with van der Waals surface area (Å²) in [4.78, 5) is 67.9. The summed E-state index contributed by atoms with van der Waals surface area (Å²) in [7, 11) is 1.62. The number of ketones is 4. The maximum Gasteiger partial charge on any atom is 0.306 e. The molecule has 6 unspecified atom stereocenters. The molecule has 56 heavy (non-hydrogen) atoms. The zero-order valence-electron chi connectivity index (χ0n) is 33.6. The number of carbonyl (C=O) groups excluding carboxylic acids is 5. The Hall–Kier alpha value is -4.77. The summed E-state index contributed by atoms with van der Waals surface area (Å²) in [5.41, 5.74) is 1.47. The lowest BCUT2D eigenvalue weighted by molar-refractivity contribution is -0.154. The number of carbonyl (C=O) groups is 5. The Kier molecular flexibility index (Phi) is 12.2. The minimum Gasteiger partial charge on any atom is -0.497 e. The molecule has 0 saturated heterocycles. The van der Waals surface area contributed by atoms with Crippen molar-refractivity contribution in [3.05, 3.63) is 66.3 Å². The highest BCUT2D eigenvalue weighted by Crippen LogP contribution is 2.58.